The molecule has 0 saturated heterocycles. The van der Waals surface area contributed by atoms with E-state index in [0.29, 0.717) is 12.1 Å². The molecular formula is C27H19ClF7N5O7. The zero-order chi connectivity index (χ0) is 35.0. The molecular weight excluding hydrogens is 675 g/mol. The lowest BCUT2D eigenvalue weighted by Gasteiger charge is -2.31. The van der Waals surface area contributed by atoms with E-state index in [2.05, 4.69) is 15.6 Å². The van der Waals surface area contributed by atoms with Gasteiger partial charge in [-0.15, -0.1) is 0 Å². The molecule has 0 saturated carbocycles. The van der Waals surface area contributed by atoms with Crippen molar-refractivity contribution in [3.05, 3.63) is 92.6 Å². The van der Waals surface area contributed by atoms with Crippen LogP contribution in [0.5, 0.6) is 0 Å². The number of benzene rings is 3. The highest BCUT2D eigenvalue weighted by molar-refractivity contribution is 6.31. The second-order valence-corrected chi connectivity index (χ2v) is 10.5. The van der Waals surface area contributed by atoms with E-state index in [1.807, 2.05) is 0 Å². The zero-order valence-corrected chi connectivity index (χ0v) is 23.9. The molecule has 1 atom stereocenters. The highest BCUT2D eigenvalue weighted by Crippen LogP contribution is 2.44. The van der Waals surface area contributed by atoms with Gasteiger partial charge in [-0.25, -0.2) is 8.78 Å². The average molecular weight is 694 g/mol. The molecule has 0 spiro atoms. The van der Waals surface area contributed by atoms with Crippen LogP contribution in [-0.4, -0.2) is 59.5 Å². The largest absolute Gasteiger partial charge is 0.416 e. The molecule has 250 valence electrons. The summed E-state index contributed by atoms with van der Waals surface area (Å²) in [7, 11) is 0.827. The van der Waals surface area contributed by atoms with Gasteiger partial charge in [0, 0.05) is 34.4 Å². The van der Waals surface area contributed by atoms with E-state index in [4.69, 9.17) is 11.6 Å². The van der Waals surface area contributed by atoms with Gasteiger partial charge in [0.15, 0.2) is 0 Å². The third kappa shape index (κ3) is 5.59. The van der Waals surface area contributed by atoms with Crippen LogP contribution in [0.25, 0.3) is 11.0 Å². The molecule has 0 fully saturated rings. The standard InChI is InChI=1S/C27H19ClF7N5O7/c1-36-24-39(23(31)32)20-16(40(24)26(43,44)27(45,46)47)8-15(37-21(41)9-4-10(25(33,34)35)6-12(30)5-9)17-18(20)22(42)38-19(17)13-7-11(29)2-3-14(13)28/h2-8,19,23,43-47H,1H3,(H,37,41)(H,38,42). The van der Waals surface area contributed by atoms with Crippen LogP contribution < -0.4 is 16.3 Å². The smallest absolute Gasteiger partial charge is 0.342 e. The van der Waals surface area contributed by atoms with Gasteiger partial charge in [-0.2, -0.15) is 22.0 Å². The number of halogens is 8. The summed E-state index contributed by atoms with van der Waals surface area (Å²) in [6.07, 6.45) is -5.10. The van der Waals surface area contributed by atoms with Crippen molar-refractivity contribution in [3.8, 4) is 0 Å². The number of amides is 2. The first kappa shape index (κ1) is 33.8. The molecule has 12 nitrogen and oxygen atoms in total. The number of hydrogen-bond donors (Lipinski definition) is 7. The molecule has 0 radical (unpaired) electrons. The van der Waals surface area contributed by atoms with Crippen molar-refractivity contribution in [2.75, 3.05) is 12.4 Å². The minimum Gasteiger partial charge on any atom is -0.342 e. The third-order valence-electron chi connectivity index (χ3n) is 7.17. The minimum absolute atomic E-state index is 0.0793. The summed E-state index contributed by atoms with van der Waals surface area (Å²) in [5.41, 5.74) is -7.70. The van der Waals surface area contributed by atoms with Crippen LogP contribution in [0.4, 0.5) is 36.4 Å². The summed E-state index contributed by atoms with van der Waals surface area (Å²) >= 11 is 6.24. The number of alkyl halides is 5. The number of hydrogen-bond acceptors (Lipinski definition) is 8. The van der Waals surface area contributed by atoms with Crippen LogP contribution in [0.15, 0.2) is 47.5 Å². The molecule has 0 bridgehead atoms. The van der Waals surface area contributed by atoms with Crippen molar-refractivity contribution < 1.29 is 65.9 Å². The SMILES string of the molecule is CN=c1n(C(F)F)c2c3c(c(NC(=O)c4cc(F)cc(C(F)(F)F)c4)cc2n1C(O)(O)C(O)(O)O)C(c1cc(F)ccc1Cl)NC3=O. The monoisotopic (exact) mass is 693 g/mol. The van der Waals surface area contributed by atoms with Gasteiger partial charge in [0.05, 0.1) is 28.2 Å². The van der Waals surface area contributed by atoms with E-state index in [1.165, 1.54) is 0 Å². The molecule has 47 heavy (non-hydrogen) atoms. The molecule has 0 aliphatic carbocycles. The number of carbonyl (C=O) groups excluding carboxylic acids is 2. The van der Waals surface area contributed by atoms with Crippen molar-refractivity contribution in [2.24, 2.45) is 4.99 Å². The Labute approximate surface area is 261 Å². The predicted molar refractivity (Wildman–Crippen MR) is 145 cm³/mol. The Kier molecular flexibility index (Phi) is 8.14. The van der Waals surface area contributed by atoms with Crippen LogP contribution >= 0.6 is 11.6 Å². The fourth-order valence-electron chi connectivity index (χ4n) is 5.21. The Morgan fingerprint density at radius 2 is 1.68 bits per heavy atom. The summed E-state index contributed by atoms with van der Waals surface area (Å²) < 4.78 is 97.6. The summed E-state index contributed by atoms with van der Waals surface area (Å²) in [5.74, 6) is -13.9. The Morgan fingerprint density at radius 1 is 1.02 bits per heavy atom. The van der Waals surface area contributed by atoms with Crippen LogP contribution in [0.2, 0.25) is 5.02 Å². The lowest BCUT2D eigenvalue weighted by Crippen LogP contribution is -2.59. The molecule has 7 N–H and O–H groups in total. The molecule has 2 amide bonds. The van der Waals surface area contributed by atoms with Crippen molar-refractivity contribution >= 4 is 40.1 Å². The number of fused-ring (bicyclic) bond motifs is 3. The lowest BCUT2D eigenvalue weighted by atomic mass is 9.95. The van der Waals surface area contributed by atoms with Gasteiger partial charge in [-0.1, -0.05) is 11.6 Å². The maximum absolute atomic E-state index is 14.6. The fourth-order valence-corrected chi connectivity index (χ4v) is 5.44. The Balaban J connectivity index is 1.90. The molecule has 1 aliphatic heterocycles. The Hall–Kier alpha value is -4.53. The van der Waals surface area contributed by atoms with Crippen LogP contribution in [0, 0.1) is 11.6 Å². The Morgan fingerprint density at radius 3 is 2.26 bits per heavy atom. The van der Waals surface area contributed by atoms with Gasteiger partial charge in [-0.05, 0) is 42.5 Å². The highest BCUT2D eigenvalue weighted by Gasteiger charge is 2.52. The summed E-state index contributed by atoms with van der Waals surface area (Å²) in [5, 5.41) is 54.6. The van der Waals surface area contributed by atoms with Crippen molar-refractivity contribution in [1.82, 2.24) is 14.5 Å². The van der Waals surface area contributed by atoms with E-state index in [0.717, 1.165) is 25.2 Å². The maximum Gasteiger partial charge on any atom is 0.416 e. The molecule has 20 heteroatoms. The summed E-state index contributed by atoms with van der Waals surface area (Å²) in [6, 6.07) is 2.69. The second-order valence-electron chi connectivity index (χ2n) is 10.1. The number of aromatic nitrogens is 2. The van der Waals surface area contributed by atoms with Crippen LogP contribution in [0.1, 0.15) is 50.0 Å². The molecule has 1 unspecified atom stereocenters. The molecule has 1 aliphatic rings. The van der Waals surface area contributed by atoms with E-state index < -0.39 is 98.7 Å². The minimum atomic E-state index is -5.10. The molecule has 5 rings (SSSR count). The normalized spacial score (nSPS) is 15.9. The second kappa shape index (κ2) is 11.3. The van der Waals surface area contributed by atoms with Gasteiger partial charge in [-0.3, -0.25) is 23.7 Å². The topological polar surface area (TPSA) is 182 Å². The molecule has 4 aromatic rings. The summed E-state index contributed by atoms with van der Waals surface area (Å²) in [6.45, 7) is -3.68. The third-order valence-corrected chi connectivity index (χ3v) is 7.51. The number of imidazole rings is 1. The first-order valence-electron chi connectivity index (χ1n) is 12.8. The molecule has 3 aromatic carbocycles. The van der Waals surface area contributed by atoms with Gasteiger partial charge in [0.2, 0.25) is 5.62 Å². The van der Waals surface area contributed by atoms with E-state index in [1.54, 1.807) is 0 Å². The highest BCUT2D eigenvalue weighted by atomic mass is 35.5. The number of nitrogens with one attached hydrogen (secondary N) is 2. The van der Waals surface area contributed by atoms with Gasteiger partial charge in [0.1, 0.15) is 11.6 Å². The van der Waals surface area contributed by atoms with Crippen molar-refractivity contribution in [1.29, 1.82) is 0 Å². The molecule has 2 heterocycles. The quantitative estimate of drug-likeness (QED) is 0.120. The first-order chi connectivity index (χ1) is 21.7. The van der Waals surface area contributed by atoms with Gasteiger partial charge >= 0.3 is 24.6 Å². The van der Waals surface area contributed by atoms with Crippen molar-refractivity contribution in [3.63, 3.8) is 0 Å². The van der Waals surface area contributed by atoms with E-state index in [-0.39, 0.29) is 31.9 Å². The lowest BCUT2D eigenvalue weighted by molar-refractivity contribution is -0.480. The van der Waals surface area contributed by atoms with Gasteiger partial charge < -0.3 is 36.2 Å². The number of carbonyl (C=O) groups is 2. The number of anilines is 1. The van der Waals surface area contributed by atoms with E-state index in [9.17, 15) is 65.9 Å². The fraction of sp³-hybridized carbons (Fsp3) is 0.222. The average Bonchev–Trinajstić information content (AvgIpc) is 3.48. The zero-order valence-electron chi connectivity index (χ0n) is 23.1. The first-order valence-corrected chi connectivity index (χ1v) is 13.2. The maximum atomic E-state index is 14.6. The summed E-state index contributed by atoms with van der Waals surface area (Å²) in [4.78, 5) is 30.3. The van der Waals surface area contributed by atoms with Crippen LogP contribution in [-0.2, 0) is 12.1 Å². The van der Waals surface area contributed by atoms with Crippen LogP contribution in [0.3, 0.4) is 0 Å². The molecule has 1 aromatic heterocycles. The number of aliphatic hydroxyl groups is 5. The Bertz CT molecular complexity index is 2040. The van der Waals surface area contributed by atoms with Crippen molar-refractivity contribution in [2.45, 2.75) is 30.7 Å². The van der Waals surface area contributed by atoms with E-state index >= 15 is 0 Å². The van der Waals surface area contributed by atoms with Gasteiger partial charge in [0.25, 0.3) is 11.8 Å². The predicted octanol–water partition coefficient (Wildman–Crippen LogP) is 2.63. The number of nitrogens with zero attached hydrogens (tertiary/aromatic N) is 3. The number of rotatable bonds is 6.